The van der Waals surface area contributed by atoms with Gasteiger partial charge in [-0.1, -0.05) is 36.7 Å². The molecule has 0 radical (unpaired) electrons. The molecular weight excluding hydrogens is 274 g/mol. The lowest BCUT2D eigenvalue weighted by atomic mass is 10.1. The van der Waals surface area contributed by atoms with Gasteiger partial charge < -0.3 is 10.4 Å². The van der Waals surface area contributed by atoms with Crippen molar-refractivity contribution < 1.29 is 5.11 Å². The number of nitrogens with one attached hydrogen (secondary N) is 1. The minimum absolute atomic E-state index is 0.181. The first-order valence-electron chi connectivity index (χ1n) is 6.76. The smallest absolute Gasteiger partial charge is 0.0928 e. The Balaban J connectivity index is 1.98. The summed E-state index contributed by atoms with van der Waals surface area (Å²) in [4.78, 5) is 0. The van der Waals surface area contributed by atoms with Gasteiger partial charge in [0.05, 0.1) is 12.3 Å². The fraction of sp³-hybridized carbons (Fsp3) is 0.400. The number of nitrogens with zero attached hydrogens (tertiary/aromatic N) is 2. The van der Waals surface area contributed by atoms with Crippen LogP contribution >= 0.6 is 11.6 Å². The highest BCUT2D eigenvalue weighted by Crippen LogP contribution is 2.23. The summed E-state index contributed by atoms with van der Waals surface area (Å²) in [6.45, 7) is 2.56. The van der Waals surface area contributed by atoms with Crippen molar-refractivity contribution in [2.75, 3.05) is 6.54 Å². The average molecular weight is 294 g/mol. The Bertz CT molecular complexity index is 556. The summed E-state index contributed by atoms with van der Waals surface area (Å²) in [5.41, 5.74) is 1.88. The molecular formula is C15H20ClN3O. The lowest BCUT2D eigenvalue weighted by Crippen LogP contribution is -2.26. The van der Waals surface area contributed by atoms with Crippen molar-refractivity contribution in [2.45, 2.75) is 25.5 Å². The minimum atomic E-state index is -0.616. The fourth-order valence-electron chi connectivity index (χ4n) is 2.23. The molecule has 0 saturated heterocycles. The number of hydrogen-bond donors (Lipinski definition) is 2. The van der Waals surface area contributed by atoms with Crippen LogP contribution in [-0.4, -0.2) is 21.4 Å². The van der Waals surface area contributed by atoms with Crippen LogP contribution in [0.25, 0.3) is 0 Å². The first-order valence-corrected chi connectivity index (χ1v) is 7.14. The fourth-order valence-corrected chi connectivity index (χ4v) is 2.49. The van der Waals surface area contributed by atoms with Crippen LogP contribution in [-0.2, 0) is 7.05 Å². The predicted octanol–water partition coefficient (Wildman–Crippen LogP) is 2.85. The van der Waals surface area contributed by atoms with Crippen molar-refractivity contribution in [1.29, 1.82) is 0 Å². The van der Waals surface area contributed by atoms with Gasteiger partial charge in [0, 0.05) is 42.0 Å². The maximum absolute atomic E-state index is 10.2. The third kappa shape index (κ3) is 3.60. The highest BCUT2D eigenvalue weighted by molar-refractivity contribution is 6.31. The third-order valence-electron chi connectivity index (χ3n) is 3.36. The Morgan fingerprint density at radius 3 is 2.75 bits per heavy atom. The zero-order chi connectivity index (χ0) is 14.5. The Kier molecular flexibility index (Phi) is 5.17. The molecule has 1 aromatic heterocycles. The number of rotatable bonds is 6. The summed E-state index contributed by atoms with van der Waals surface area (Å²) in [7, 11) is 1.90. The van der Waals surface area contributed by atoms with Gasteiger partial charge >= 0.3 is 0 Å². The first-order chi connectivity index (χ1) is 9.61. The molecule has 5 heteroatoms. The summed E-state index contributed by atoms with van der Waals surface area (Å²) in [5.74, 6) is 0. The second-order valence-corrected chi connectivity index (χ2v) is 5.26. The number of halogens is 1. The minimum Gasteiger partial charge on any atom is -0.387 e. The van der Waals surface area contributed by atoms with Crippen molar-refractivity contribution in [1.82, 2.24) is 15.1 Å². The lowest BCUT2D eigenvalue weighted by Gasteiger charge is -2.19. The molecule has 0 saturated carbocycles. The molecule has 2 aromatic rings. The number of aromatic nitrogens is 2. The van der Waals surface area contributed by atoms with E-state index < -0.39 is 6.10 Å². The van der Waals surface area contributed by atoms with Crippen molar-refractivity contribution in [3.05, 3.63) is 52.8 Å². The van der Waals surface area contributed by atoms with Crippen LogP contribution in [0.5, 0.6) is 0 Å². The number of benzene rings is 1. The predicted molar refractivity (Wildman–Crippen MR) is 80.7 cm³/mol. The van der Waals surface area contributed by atoms with E-state index in [9.17, 15) is 5.11 Å². The summed E-state index contributed by atoms with van der Waals surface area (Å²) in [6, 6.07) is 7.55. The topological polar surface area (TPSA) is 50.1 Å². The van der Waals surface area contributed by atoms with Gasteiger partial charge in [-0.05, 0) is 12.5 Å². The molecule has 0 aliphatic rings. The molecule has 20 heavy (non-hydrogen) atoms. The molecule has 0 spiro atoms. The SMILES string of the molecule is CCC(NCC(O)c1ccccc1Cl)c1cnn(C)c1. The first kappa shape index (κ1) is 15.0. The van der Waals surface area contributed by atoms with E-state index in [1.165, 1.54) is 0 Å². The lowest BCUT2D eigenvalue weighted by molar-refractivity contribution is 0.169. The van der Waals surface area contributed by atoms with Crippen LogP contribution in [0.2, 0.25) is 5.02 Å². The van der Waals surface area contributed by atoms with Crippen molar-refractivity contribution in [2.24, 2.45) is 7.05 Å². The summed E-state index contributed by atoms with van der Waals surface area (Å²) < 4.78 is 1.78. The quantitative estimate of drug-likeness (QED) is 0.861. The molecule has 0 bridgehead atoms. The normalized spacial score (nSPS) is 14.2. The maximum atomic E-state index is 10.2. The van der Waals surface area contributed by atoms with E-state index in [1.54, 1.807) is 10.7 Å². The highest BCUT2D eigenvalue weighted by atomic mass is 35.5. The maximum Gasteiger partial charge on any atom is 0.0928 e. The van der Waals surface area contributed by atoms with Gasteiger partial charge in [0.1, 0.15) is 0 Å². The highest BCUT2D eigenvalue weighted by Gasteiger charge is 2.15. The molecule has 1 heterocycles. The van der Waals surface area contributed by atoms with E-state index in [0.717, 1.165) is 17.5 Å². The Morgan fingerprint density at radius 1 is 1.40 bits per heavy atom. The van der Waals surface area contributed by atoms with E-state index in [2.05, 4.69) is 17.3 Å². The number of aliphatic hydroxyl groups excluding tert-OH is 1. The monoisotopic (exact) mass is 293 g/mol. The van der Waals surface area contributed by atoms with Gasteiger partial charge in [-0.15, -0.1) is 0 Å². The Labute approximate surface area is 124 Å². The van der Waals surface area contributed by atoms with Crippen LogP contribution in [0, 0.1) is 0 Å². The zero-order valence-corrected chi connectivity index (χ0v) is 12.5. The summed E-state index contributed by atoms with van der Waals surface area (Å²) >= 11 is 6.09. The van der Waals surface area contributed by atoms with Crippen molar-refractivity contribution in [3.63, 3.8) is 0 Å². The van der Waals surface area contributed by atoms with Gasteiger partial charge in [0.2, 0.25) is 0 Å². The average Bonchev–Trinajstić information content (AvgIpc) is 2.86. The molecule has 2 atom stereocenters. The van der Waals surface area contributed by atoms with E-state index in [-0.39, 0.29) is 6.04 Å². The Hall–Kier alpha value is -1.36. The van der Waals surface area contributed by atoms with Crippen molar-refractivity contribution >= 4 is 11.6 Å². The van der Waals surface area contributed by atoms with Gasteiger partial charge in [-0.3, -0.25) is 4.68 Å². The van der Waals surface area contributed by atoms with Gasteiger partial charge in [-0.25, -0.2) is 0 Å². The molecule has 0 aliphatic heterocycles. The largest absolute Gasteiger partial charge is 0.387 e. The molecule has 108 valence electrons. The van der Waals surface area contributed by atoms with E-state index in [0.29, 0.717) is 11.6 Å². The van der Waals surface area contributed by atoms with Crippen LogP contribution in [0.4, 0.5) is 0 Å². The summed E-state index contributed by atoms with van der Waals surface area (Å²) in [6.07, 6.45) is 4.15. The molecule has 2 unspecified atom stereocenters. The van der Waals surface area contributed by atoms with Crippen LogP contribution in [0.15, 0.2) is 36.7 Å². The van der Waals surface area contributed by atoms with Gasteiger partial charge in [-0.2, -0.15) is 5.10 Å². The molecule has 2 N–H and O–H groups in total. The second kappa shape index (κ2) is 6.88. The van der Waals surface area contributed by atoms with E-state index in [4.69, 9.17) is 11.6 Å². The molecule has 0 amide bonds. The Morgan fingerprint density at radius 2 is 2.15 bits per heavy atom. The van der Waals surface area contributed by atoms with E-state index in [1.807, 2.05) is 37.6 Å². The molecule has 4 nitrogen and oxygen atoms in total. The van der Waals surface area contributed by atoms with Crippen LogP contribution in [0.1, 0.15) is 36.6 Å². The molecule has 1 aromatic carbocycles. The van der Waals surface area contributed by atoms with Gasteiger partial charge in [0.15, 0.2) is 0 Å². The van der Waals surface area contributed by atoms with Crippen molar-refractivity contribution in [3.8, 4) is 0 Å². The third-order valence-corrected chi connectivity index (χ3v) is 3.70. The molecule has 2 rings (SSSR count). The number of hydrogen-bond acceptors (Lipinski definition) is 3. The standard InChI is InChI=1S/C15H20ClN3O/c1-3-14(11-8-18-19(2)10-11)17-9-15(20)12-6-4-5-7-13(12)16/h4-8,10,14-15,17,20H,3,9H2,1-2H3. The summed E-state index contributed by atoms with van der Waals surface area (Å²) in [5, 5.41) is 18.4. The molecule has 0 fully saturated rings. The number of aryl methyl sites for hydroxylation is 1. The van der Waals surface area contributed by atoms with Crippen LogP contribution in [0.3, 0.4) is 0 Å². The van der Waals surface area contributed by atoms with E-state index >= 15 is 0 Å². The zero-order valence-electron chi connectivity index (χ0n) is 11.8. The number of aliphatic hydroxyl groups is 1. The molecule has 0 aliphatic carbocycles. The second-order valence-electron chi connectivity index (χ2n) is 4.85. The van der Waals surface area contributed by atoms with Crippen LogP contribution < -0.4 is 5.32 Å². The van der Waals surface area contributed by atoms with Gasteiger partial charge in [0.25, 0.3) is 0 Å².